The van der Waals surface area contributed by atoms with E-state index in [2.05, 4.69) is 22.9 Å². The Morgan fingerprint density at radius 2 is 2.07 bits per heavy atom. The molecule has 28 heavy (non-hydrogen) atoms. The number of halogens is 2. The monoisotopic (exact) mass is 395 g/mol. The smallest absolute Gasteiger partial charge is 0.165 e. The SMILES string of the molecule is COc1ccc(/C(C)=C/n2c3c(c4cc(Cl)ccc42)C2CCC(C3)C2)cc1F. The molecule has 1 fully saturated rings. The Bertz CT molecular complexity index is 1110. The Morgan fingerprint density at radius 1 is 1.21 bits per heavy atom. The largest absolute Gasteiger partial charge is 0.494 e. The van der Waals surface area contributed by atoms with Gasteiger partial charge in [-0.2, -0.15) is 0 Å². The lowest BCUT2D eigenvalue weighted by Crippen LogP contribution is -2.12. The summed E-state index contributed by atoms with van der Waals surface area (Å²) in [7, 11) is 1.48. The zero-order valence-corrected chi connectivity index (χ0v) is 16.9. The molecular formula is C24H23ClFNO. The minimum atomic E-state index is -0.336. The van der Waals surface area contributed by atoms with E-state index < -0.39 is 0 Å². The van der Waals surface area contributed by atoms with Crippen molar-refractivity contribution in [2.75, 3.05) is 7.11 Å². The highest BCUT2D eigenvalue weighted by Crippen LogP contribution is 2.50. The van der Waals surface area contributed by atoms with Gasteiger partial charge in [-0.25, -0.2) is 4.39 Å². The zero-order chi connectivity index (χ0) is 19.4. The first-order chi connectivity index (χ1) is 13.5. The Morgan fingerprint density at radius 3 is 2.86 bits per heavy atom. The Balaban J connectivity index is 1.68. The first-order valence-electron chi connectivity index (χ1n) is 9.89. The van der Waals surface area contributed by atoms with Gasteiger partial charge in [-0.3, -0.25) is 0 Å². The summed E-state index contributed by atoms with van der Waals surface area (Å²) in [5, 5.41) is 2.06. The normalized spacial score (nSPS) is 21.2. The van der Waals surface area contributed by atoms with Crippen LogP contribution in [0.5, 0.6) is 5.75 Å². The quantitative estimate of drug-likeness (QED) is 0.470. The van der Waals surface area contributed by atoms with E-state index in [1.54, 1.807) is 12.1 Å². The lowest BCUT2D eigenvalue weighted by atomic mass is 9.86. The van der Waals surface area contributed by atoms with Crippen LogP contribution in [0.4, 0.5) is 4.39 Å². The standard InChI is InChI=1S/C24H23ClFNO/c1-14(16-5-8-23(28-2)20(26)11-16)13-27-21-7-6-18(25)12-19(21)24-17-4-3-15(9-17)10-22(24)27/h5-8,11-13,15,17H,3-4,9-10H2,1-2H3/b14-13+. The number of hydrogen-bond acceptors (Lipinski definition) is 1. The molecule has 4 heteroatoms. The molecule has 1 heterocycles. The van der Waals surface area contributed by atoms with E-state index in [4.69, 9.17) is 16.3 Å². The first-order valence-corrected chi connectivity index (χ1v) is 10.3. The van der Waals surface area contributed by atoms with Gasteiger partial charge >= 0.3 is 0 Å². The van der Waals surface area contributed by atoms with Crippen LogP contribution in [0.3, 0.4) is 0 Å². The Hall–Kier alpha value is -2.26. The van der Waals surface area contributed by atoms with Crippen molar-refractivity contribution in [3.8, 4) is 5.75 Å². The van der Waals surface area contributed by atoms with Gasteiger partial charge < -0.3 is 9.30 Å². The second-order valence-electron chi connectivity index (χ2n) is 8.13. The molecule has 2 nitrogen and oxygen atoms in total. The fourth-order valence-corrected chi connectivity index (χ4v) is 5.32. The van der Waals surface area contributed by atoms with Crippen LogP contribution in [0, 0.1) is 11.7 Å². The van der Waals surface area contributed by atoms with Crippen molar-refractivity contribution in [1.29, 1.82) is 0 Å². The lowest BCUT2D eigenvalue weighted by molar-refractivity contribution is 0.386. The van der Waals surface area contributed by atoms with E-state index in [9.17, 15) is 4.39 Å². The van der Waals surface area contributed by atoms with Crippen LogP contribution in [0.15, 0.2) is 36.4 Å². The van der Waals surface area contributed by atoms with Crippen LogP contribution >= 0.6 is 11.6 Å². The zero-order valence-electron chi connectivity index (χ0n) is 16.1. The van der Waals surface area contributed by atoms with Crippen molar-refractivity contribution in [3.05, 3.63) is 64.1 Å². The van der Waals surface area contributed by atoms with E-state index in [-0.39, 0.29) is 11.6 Å². The van der Waals surface area contributed by atoms with Gasteiger partial charge in [-0.15, -0.1) is 0 Å². The number of aromatic nitrogens is 1. The van der Waals surface area contributed by atoms with Gasteiger partial charge in [0.15, 0.2) is 11.6 Å². The first kappa shape index (κ1) is 17.8. The van der Waals surface area contributed by atoms with E-state index in [0.717, 1.165) is 28.5 Å². The van der Waals surface area contributed by atoms with Crippen LogP contribution in [0.2, 0.25) is 5.02 Å². The maximum Gasteiger partial charge on any atom is 0.165 e. The third kappa shape index (κ3) is 2.76. The Kier molecular flexibility index (Phi) is 4.24. The molecule has 0 radical (unpaired) electrons. The van der Waals surface area contributed by atoms with Crippen molar-refractivity contribution in [2.45, 2.75) is 38.5 Å². The fourth-order valence-electron chi connectivity index (χ4n) is 5.15. The predicted molar refractivity (Wildman–Crippen MR) is 114 cm³/mol. The molecule has 0 N–H and O–H groups in total. The van der Waals surface area contributed by atoms with Crippen molar-refractivity contribution in [1.82, 2.24) is 4.57 Å². The third-order valence-corrected chi connectivity index (χ3v) is 6.71. The van der Waals surface area contributed by atoms with Gasteiger partial charge in [0.05, 0.1) is 12.6 Å². The number of rotatable bonds is 3. The van der Waals surface area contributed by atoms with E-state index >= 15 is 0 Å². The number of allylic oxidation sites excluding steroid dienone is 1. The van der Waals surface area contributed by atoms with Crippen molar-refractivity contribution < 1.29 is 9.13 Å². The minimum absolute atomic E-state index is 0.270. The molecule has 0 aliphatic heterocycles. The molecule has 2 bridgehead atoms. The molecular weight excluding hydrogens is 373 g/mol. The maximum absolute atomic E-state index is 14.2. The molecule has 2 unspecified atom stereocenters. The second-order valence-corrected chi connectivity index (χ2v) is 8.57. The van der Waals surface area contributed by atoms with Gasteiger partial charge in [0.1, 0.15) is 0 Å². The van der Waals surface area contributed by atoms with Gasteiger partial charge in [0.25, 0.3) is 0 Å². The molecule has 2 aromatic carbocycles. The Labute approximate surface area is 169 Å². The highest BCUT2D eigenvalue weighted by molar-refractivity contribution is 6.31. The van der Waals surface area contributed by atoms with Gasteiger partial charge in [0.2, 0.25) is 0 Å². The van der Waals surface area contributed by atoms with Crippen molar-refractivity contribution in [2.24, 2.45) is 5.92 Å². The molecule has 1 saturated carbocycles. The van der Waals surface area contributed by atoms with Crippen LogP contribution in [-0.2, 0) is 6.42 Å². The molecule has 0 saturated heterocycles. The number of fused-ring (bicyclic) bond motifs is 6. The molecule has 5 rings (SSSR count). The van der Waals surface area contributed by atoms with Crippen LogP contribution < -0.4 is 4.74 Å². The summed E-state index contributed by atoms with van der Waals surface area (Å²) in [5.41, 5.74) is 5.96. The molecule has 144 valence electrons. The van der Waals surface area contributed by atoms with Gasteiger partial charge in [-0.1, -0.05) is 17.7 Å². The maximum atomic E-state index is 14.2. The number of benzene rings is 2. The molecule has 2 aliphatic rings. The topological polar surface area (TPSA) is 14.2 Å². The molecule has 0 amide bonds. The average molecular weight is 396 g/mol. The van der Waals surface area contributed by atoms with E-state index in [1.807, 2.05) is 19.1 Å². The van der Waals surface area contributed by atoms with E-state index in [1.165, 1.54) is 48.5 Å². The summed E-state index contributed by atoms with van der Waals surface area (Å²) in [6.45, 7) is 2.03. The van der Waals surface area contributed by atoms with Crippen molar-refractivity contribution in [3.63, 3.8) is 0 Å². The number of hydrogen-bond donors (Lipinski definition) is 0. The molecule has 2 atom stereocenters. The summed E-state index contributed by atoms with van der Waals surface area (Å²) >= 11 is 6.34. The highest BCUT2D eigenvalue weighted by Gasteiger charge is 2.36. The molecule has 0 spiro atoms. The number of nitrogens with zero attached hydrogens (tertiary/aromatic N) is 1. The number of methoxy groups -OCH3 is 1. The summed E-state index contributed by atoms with van der Waals surface area (Å²) in [6, 6.07) is 11.3. The third-order valence-electron chi connectivity index (χ3n) is 6.47. The van der Waals surface area contributed by atoms with Crippen molar-refractivity contribution >= 4 is 34.3 Å². The summed E-state index contributed by atoms with van der Waals surface area (Å²) in [5.74, 6) is 1.36. The summed E-state index contributed by atoms with van der Waals surface area (Å²) in [6.07, 6.45) is 7.15. The molecule has 2 aliphatic carbocycles. The highest BCUT2D eigenvalue weighted by atomic mass is 35.5. The average Bonchev–Trinajstić information content (AvgIpc) is 3.20. The molecule has 1 aromatic heterocycles. The van der Waals surface area contributed by atoms with Gasteiger partial charge in [0, 0.05) is 22.3 Å². The summed E-state index contributed by atoms with van der Waals surface area (Å²) in [4.78, 5) is 0. The predicted octanol–water partition coefficient (Wildman–Crippen LogP) is 6.90. The number of ether oxygens (including phenoxy) is 1. The van der Waals surface area contributed by atoms with Crippen LogP contribution in [-0.4, -0.2) is 11.7 Å². The molecule has 3 aromatic rings. The van der Waals surface area contributed by atoms with Gasteiger partial charge in [-0.05, 0) is 91.5 Å². The second kappa shape index (κ2) is 6.66. The minimum Gasteiger partial charge on any atom is -0.494 e. The van der Waals surface area contributed by atoms with Crippen LogP contribution in [0.1, 0.15) is 48.9 Å². The fraction of sp³-hybridized carbons (Fsp3) is 0.333. The van der Waals surface area contributed by atoms with E-state index in [0.29, 0.717) is 5.92 Å². The lowest BCUT2D eigenvalue weighted by Gasteiger charge is -2.21. The van der Waals surface area contributed by atoms with Crippen LogP contribution in [0.25, 0.3) is 22.7 Å². The summed E-state index contributed by atoms with van der Waals surface area (Å²) < 4.78 is 21.6.